The first-order valence-corrected chi connectivity index (χ1v) is 8.28. The van der Waals surface area contributed by atoms with Crippen LogP contribution in [0.1, 0.15) is 53.4 Å². The number of carboxylic acid groups (broad SMARTS) is 1. The summed E-state index contributed by atoms with van der Waals surface area (Å²) < 4.78 is 6.04. The van der Waals surface area contributed by atoms with E-state index in [9.17, 15) is 14.7 Å². The third-order valence-electron chi connectivity index (χ3n) is 5.14. The Balaban J connectivity index is 2.73. The smallest absolute Gasteiger partial charge is 0.329 e. The Bertz CT molecular complexity index is 603. The predicted octanol–water partition coefficient (Wildman–Crippen LogP) is 3.61. The quantitative estimate of drug-likeness (QED) is 0.869. The fourth-order valence-electron chi connectivity index (χ4n) is 3.38. The average molecular weight is 319 g/mol. The number of rotatable bonds is 6. The van der Waals surface area contributed by atoms with E-state index in [2.05, 4.69) is 0 Å². The zero-order valence-corrected chi connectivity index (χ0v) is 14.3. The molecule has 1 aliphatic rings. The number of hydrogen-bond donors (Lipinski definition) is 1. The topological polar surface area (TPSA) is 66.8 Å². The van der Waals surface area contributed by atoms with Crippen molar-refractivity contribution < 1.29 is 19.4 Å². The van der Waals surface area contributed by atoms with Crippen LogP contribution in [-0.2, 0) is 9.59 Å². The summed E-state index contributed by atoms with van der Waals surface area (Å²) in [5, 5.41) is 9.90. The maximum absolute atomic E-state index is 13.3. The third kappa shape index (κ3) is 2.38. The molecule has 0 spiro atoms. The number of fused-ring (bicyclic) bond motifs is 1. The minimum absolute atomic E-state index is 0.257. The van der Waals surface area contributed by atoms with Crippen LogP contribution < -0.4 is 9.64 Å². The van der Waals surface area contributed by atoms with Crippen LogP contribution in [0.3, 0.4) is 0 Å². The van der Waals surface area contributed by atoms with Crippen molar-refractivity contribution in [3.8, 4) is 5.75 Å². The molecule has 1 aromatic carbocycles. The van der Waals surface area contributed by atoms with Crippen LogP contribution in [0, 0.1) is 0 Å². The minimum Gasteiger partial charge on any atom is -0.479 e. The average Bonchev–Trinajstić information content (AvgIpc) is 2.57. The largest absolute Gasteiger partial charge is 0.479 e. The van der Waals surface area contributed by atoms with Crippen LogP contribution in [-0.4, -0.2) is 28.1 Å². The molecular weight excluding hydrogens is 294 g/mol. The zero-order valence-electron chi connectivity index (χ0n) is 14.3. The number of carbonyl (C=O) groups is 2. The van der Waals surface area contributed by atoms with Gasteiger partial charge in [0.05, 0.1) is 5.69 Å². The number of ether oxygens (including phenoxy) is 1. The third-order valence-corrected chi connectivity index (χ3v) is 5.14. The van der Waals surface area contributed by atoms with E-state index < -0.39 is 17.1 Å². The molecule has 5 heteroatoms. The molecule has 0 aromatic heterocycles. The van der Waals surface area contributed by atoms with Crippen LogP contribution in [0.5, 0.6) is 5.75 Å². The lowest BCUT2D eigenvalue weighted by molar-refractivity contribution is -0.149. The van der Waals surface area contributed by atoms with Crippen molar-refractivity contribution in [2.24, 2.45) is 0 Å². The van der Waals surface area contributed by atoms with Gasteiger partial charge in [-0.1, -0.05) is 39.8 Å². The molecule has 1 N–H and O–H groups in total. The molecule has 2 rings (SSSR count). The SMILES string of the molecule is CCC1(CC)Oc2ccccc2N(C(CC)(CC)C(=O)O)C1=O. The zero-order chi connectivity index (χ0) is 17.3. The van der Waals surface area contributed by atoms with Gasteiger partial charge in [0.25, 0.3) is 5.91 Å². The van der Waals surface area contributed by atoms with E-state index in [0.717, 1.165) is 0 Å². The Kier molecular flexibility index (Phi) is 4.68. The second-order valence-corrected chi connectivity index (χ2v) is 5.96. The van der Waals surface area contributed by atoms with Gasteiger partial charge in [-0.3, -0.25) is 9.69 Å². The van der Waals surface area contributed by atoms with Crippen molar-refractivity contribution in [1.82, 2.24) is 0 Å². The first kappa shape index (κ1) is 17.3. The van der Waals surface area contributed by atoms with Crippen molar-refractivity contribution in [1.29, 1.82) is 0 Å². The van der Waals surface area contributed by atoms with E-state index in [0.29, 0.717) is 37.1 Å². The van der Waals surface area contributed by atoms with E-state index in [1.807, 2.05) is 33.8 Å². The van der Waals surface area contributed by atoms with Crippen molar-refractivity contribution in [3.05, 3.63) is 24.3 Å². The van der Waals surface area contributed by atoms with Crippen molar-refractivity contribution in [2.45, 2.75) is 64.5 Å². The van der Waals surface area contributed by atoms with E-state index in [1.165, 1.54) is 4.90 Å². The number of benzene rings is 1. The maximum atomic E-state index is 13.3. The second kappa shape index (κ2) is 6.22. The summed E-state index contributed by atoms with van der Waals surface area (Å²) in [6.45, 7) is 7.41. The molecule has 5 nitrogen and oxygen atoms in total. The molecule has 0 saturated heterocycles. The summed E-state index contributed by atoms with van der Waals surface area (Å²) in [5.74, 6) is -0.663. The van der Waals surface area contributed by atoms with Gasteiger partial charge in [-0.25, -0.2) is 4.79 Å². The Morgan fingerprint density at radius 2 is 1.74 bits per heavy atom. The Hall–Kier alpha value is -2.04. The van der Waals surface area contributed by atoms with E-state index in [-0.39, 0.29) is 5.91 Å². The molecular formula is C18H25NO4. The number of hydrogen-bond acceptors (Lipinski definition) is 3. The molecule has 1 heterocycles. The first-order valence-electron chi connectivity index (χ1n) is 8.28. The lowest BCUT2D eigenvalue weighted by Gasteiger charge is -2.48. The van der Waals surface area contributed by atoms with E-state index in [1.54, 1.807) is 18.2 Å². The normalized spacial score (nSPS) is 16.7. The molecule has 0 radical (unpaired) electrons. The van der Waals surface area contributed by atoms with Gasteiger partial charge in [0.1, 0.15) is 11.3 Å². The first-order chi connectivity index (χ1) is 10.9. The molecule has 126 valence electrons. The minimum atomic E-state index is -1.26. The highest BCUT2D eigenvalue weighted by Crippen LogP contribution is 2.45. The number of carboxylic acids is 1. The highest BCUT2D eigenvalue weighted by molar-refractivity contribution is 6.08. The summed E-state index contributed by atoms with van der Waals surface area (Å²) in [5.41, 5.74) is -1.72. The van der Waals surface area contributed by atoms with Crippen LogP contribution in [0.15, 0.2) is 24.3 Å². The lowest BCUT2D eigenvalue weighted by atomic mass is 9.84. The Morgan fingerprint density at radius 3 is 2.22 bits per heavy atom. The number of aliphatic carboxylic acids is 1. The van der Waals surface area contributed by atoms with Crippen LogP contribution in [0.4, 0.5) is 5.69 Å². The van der Waals surface area contributed by atoms with Gasteiger partial charge < -0.3 is 9.84 Å². The fourth-order valence-corrected chi connectivity index (χ4v) is 3.38. The molecule has 0 atom stereocenters. The number of nitrogens with zero attached hydrogens (tertiary/aromatic N) is 1. The summed E-state index contributed by atoms with van der Waals surface area (Å²) >= 11 is 0. The molecule has 0 fully saturated rings. The molecule has 0 unspecified atom stereocenters. The van der Waals surface area contributed by atoms with Crippen LogP contribution in [0.2, 0.25) is 0 Å². The highest BCUT2D eigenvalue weighted by Gasteiger charge is 2.54. The molecule has 1 aromatic rings. The van der Waals surface area contributed by atoms with Gasteiger partial charge in [-0.05, 0) is 37.8 Å². The summed E-state index contributed by atoms with van der Waals surface area (Å²) in [4.78, 5) is 26.8. The molecule has 0 saturated carbocycles. The van der Waals surface area contributed by atoms with Crippen LogP contribution in [0.25, 0.3) is 0 Å². The highest BCUT2D eigenvalue weighted by atomic mass is 16.5. The Morgan fingerprint density at radius 1 is 1.17 bits per heavy atom. The lowest BCUT2D eigenvalue weighted by Crippen LogP contribution is -2.65. The standard InChI is InChI=1S/C18H25NO4/c1-5-17(6-2,16(21)22)19-13-11-9-10-12-14(13)23-18(7-3,8-4)15(19)20/h9-12H,5-8H2,1-4H3,(H,21,22). The number of anilines is 1. The van der Waals surface area contributed by atoms with Crippen molar-refractivity contribution in [2.75, 3.05) is 4.90 Å². The van der Waals surface area contributed by atoms with Gasteiger partial charge in [0, 0.05) is 0 Å². The number of carbonyl (C=O) groups excluding carboxylic acids is 1. The van der Waals surface area contributed by atoms with Crippen molar-refractivity contribution >= 4 is 17.6 Å². The summed E-state index contributed by atoms with van der Waals surface area (Å²) in [6, 6.07) is 7.19. The molecule has 0 aliphatic carbocycles. The second-order valence-electron chi connectivity index (χ2n) is 5.96. The Labute approximate surface area is 137 Å². The van der Waals surface area contributed by atoms with Gasteiger partial charge in [-0.15, -0.1) is 0 Å². The maximum Gasteiger partial charge on any atom is 0.329 e. The van der Waals surface area contributed by atoms with Gasteiger partial charge in [0.15, 0.2) is 5.60 Å². The monoisotopic (exact) mass is 319 g/mol. The van der Waals surface area contributed by atoms with E-state index in [4.69, 9.17) is 4.74 Å². The summed E-state index contributed by atoms with van der Waals surface area (Å²) in [7, 11) is 0. The number of para-hydroxylation sites is 2. The predicted molar refractivity (Wildman–Crippen MR) is 88.8 cm³/mol. The molecule has 1 amide bonds. The fraction of sp³-hybridized carbons (Fsp3) is 0.556. The van der Waals surface area contributed by atoms with Gasteiger partial charge in [-0.2, -0.15) is 0 Å². The number of amides is 1. The van der Waals surface area contributed by atoms with Crippen molar-refractivity contribution in [3.63, 3.8) is 0 Å². The van der Waals surface area contributed by atoms with Crippen LogP contribution >= 0.6 is 0 Å². The summed E-state index contributed by atoms with van der Waals surface area (Å²) in [6.07, 6.45) is 1.66. The molecule has 0 bridgehead atoms. The van der Waals surface area contributed by atoms with E-state index >= 15 is 0 Å². The van der Waals surface area contributed by atoms with Gasteiger partial charge >= 0.3 is 5.97 Å². The molecule has 23 heavy (non-hydrogen) atoms. The van der Waals surface area contributed by atoms with Gasteiger partial charge in [0.2, 0.25) is 0 Å². The molecule has 1 aliphatic heterocycles.